The Morgan fingerprint density at radius 3 is 2.72 bits per heavy atom. The van der Waals surface area contributed by atoms with Gasteiger partial charge >= 0.3 is 0 Å². The molecule has 0 saturated carbocycles. The highest BCUT2D eigenvalue weighted by atomic mass is 15.2. The summed E-state index contributed by atoms with van der Waals surface area (Å²) in [6.45, 7) is 5.47. The molecule has 2 heterocycles. The van der Waals surface area contributed by atoms with Gasteiger partial charge in [-0.15, -0.1) is 0 Å². The van der Waals surface area contributed by atoms with E-state index in [2.05, 4.69) is 39.5 Å². The van der Waals surface area contributed by atoms with E-state index in [9.17, 15) is 0 Å². The minimum Gasteiger partial charge on any atom is -0.373 e. The van der Waals surface area contributed by atoms with E-state index in [1.165, 1.54) is 6.42 Å². The Labute approximate surface area is 109 Å². The van der Waals surface area contributed by atoms with Gasteiger partial charge in [0.05, 0.1) is 0 Å². The molecule has 1 aliphatic heterocycles. The molecule has 0 radical (unpaired) electrons. The van der Waals surface area contributed by atoms with Crippen LogP contribution in [0, 0.1) is 6.92 Å². The minimum absolute atomic E-state index is 0.509. The molecule has 1 aliphatic rings. The van der Waals surface area contributed by atoms with Crippen LogP contribution >= 0.6 is 0 Å². The predicted octanol–water partition coefficient (Wildman–Crippen LogP) is 1.72. The summed E-state index contributed by atoms with van der Waals surface area (Å²) in [4.78, 5) is 11.0. The Bertz CT molecular complexity index is 406. The van der Waals surface area contributed by atoms with Crippen molar-refractivity contribution < 1.29 is 0 Å². The van der Waals surface area contributed by atoms with Crippen molar-refractivity contribution in [2.45, 2.75) is 38.8 Å². The van der Waals surface area contributed by atoms with Gasteiger partial charge in [0, 0.05) is 31.2 Å². The summed E-state index contributed by atoms with van der Waals surface area (Å²) in [6.07, 6.45) is 3.94. The SMILES string of the molecule is CNc1ncnc(NC2CCN(C)C(C)C2)c1C. The molecule has 100 valence electrons. The van der Waals surface area contributed by atoms with Crippen molar-refractivity contribution in [3.63, 3.8) is 0 Å². The van der Waals surface area contributed by atoms with Crippen LogP contribution in [0.2, 0.25) is 0 Å². The molecule has 2 N–H and O–H groups in total. The average molecular weight is 249 g/mol. The van der Waals surface area contributed by atoms with Crippen LogP contribution in [0.3, 0.4) is 0 Å². The zero-order chi connectivity index (χ0) is 13.1. The van der Waals surface area contributed by atoms with Gasteiger partial charge < -0.3 is 15.5 Å². The normalized spacial score (nSPS) is 24.9. The first-order chi connectivity index (χ1) is 8.61. The summed E-state index contributed by atoms with van der Waals surface area (Å²) in [6, 6.07) is 1.14. The fraction of sp³-hybridized carbons (Fsp3) is 0.692. The van der Waals surface area contributed by atoms with Gasteiger partial charge in [-0.1, -0.05) is 0 Å². The van der Waals surface area contributed by atoms with Gasteiger partial charge in [0.2, 0.25) is 0 Å². The van der Waals surface area contributed by atoms with Crippen molar-refractivity contribution >= 4 is 11.6 Å². The monoisotopic (exact) mass is 249 g/mol. The van der Waals surface area contributed by atoms with E-state index in [1.807, 2.05) is 14.0 Å². The molecule has 1 fully saturated rings. The van der Waals surface area contributed by atoms with Gasteiger partial charge in [0.25, 0.3) is 0 Å². The molecule has 5 heteroatoms. The first-order valence-corrected chi connectivity index (χ1v) is 6.58. The second-order valence-electron chi connectivity index (χ2n) is 5.14. The van der Waals surface area contributed by atoms with Crippen LogP contribution in [0.1, 0.15) is 25.3 Å². The van der Waals surface area contributed by atoms with Crippen LogP contribution in [0.15, 0.2) is 6.33 Å². The van der Waals surface area contributed by atoms with Crippen molar-refractivity contribution in [3.05, 3.63) is 11.9 Å². The van der Waals surface area contributed by atoms with Crippen molar-refractivity contribution in [2.75, 3.05) is 31.3 Å². The number of rotatable bonds is 3. The summed E-state index contributed by atoms with van der Waals surface area (Å²) in [5, 5.41) is 6.65. The van der Waals surface area contributed by atoms with E-state index in [0.29, 0.717) is 12.1 Å². The highest BCUT2D eigenvalue weighted by Gasteiger charge is 2.23. The first kappa shape index (κ1) is 13.1. The average Bonchev–Trinajstić information content (AvgIpc) is 2.36. The Morgan fingerprint density at radius 1 is 1.33 bits per heavy atom. The highest BCUT2D eigenvalue weighted by Crippen LogP contribution is 2.23. The topological polar surface area (TPSA) is 53.1 Å². The number of anilines is 2. The van der Waals surface area contributed by atoms with E-state index in [1.54, 1.807) is 6.33 Å². The number of nitrogens with zero attached hydrogens (tertiary/aromatic N) is 3. The molecular weight excluding hydrogens is 226 g/mol. The molecule has 0 bridgehead atoms. The molecule has 0 aliphatic carbocycles. The fourth-order valence-corrected chi connectivity index (χ4v) is 2.46. The maximum atomic E-state index is 4.35. The van der Waals surface area contributed by atoms with Crippen LogP contribution in [0.25, 0.3) is 0 Å². The van der Waals surface area contributed by atoms with Gasteiger partial charge in [0.15, 0.2) is 0 Å². The van der Waals surface area contributed by atoms with Crippen molar-refractivity contribution in [2.24, 2.45) is 0 Å². The zero-order valence-electron chi connectivity index (χ0n) is 11.7. The number of likely N-dealkylation sites (tertiary alicyclic amines) is 1. The predicted molar refractivity (Wildman–Crippen MR) is 75.1 cm³/mol. The van der Waals surface area contributed by atoms with Gasteiger partial charge in [-0.25, -0.2) is 9.97 Å². The van der Waals surface area contributed by atoms with Crippen LogP contribution in [-0.4, -0.2) is 47.6 Å². The molecule has 1 aromatic rings. The highest BCUT2D eigenvalue weighted by molar-refractivity contribution is 5.56. The molecule has 18 heavy (non-hydrogen) atoms. The number of piperidine rings is 1. The molecule has 2 atom stereocenters. The van der Waals surface area contributed by atoms with Crippen molar-refractivity contribution in [3.8, 4) is 0 Å². The lowest BCUT2D eigenvalue weighted by atomic mass is 9.99. The third-order valence-corrected chi connectivity index (χ3v) is 3.87. The van der Waals surface area contributed by atoms with Crippen LogP contribution in [0.5, 0.6) is 0 Å². The minimum atomic E-state index is 0.509. The Kier molecular flexibility index (Phi) is 4.01. The lowest BCUT2D eigenvalue weighted by Gasteiger charge is -2.35. The Morgan fingerprint density at radius 2 is 2.06 bits per heavy atom. The lowest BCUT2D eigenvalue weighted by Crippen LogP contribution is -2.42. The maximum absolute atomic E-state index is 4.35. The number of hydrogen-bond acceptors (Lipinski definition) is 5. The second-order valence-corrected chi connectivity index (χ2v) is 5.14. The van der Waals surface area contributed by atoms with Gasteiger partial charge in [-0.3, -0.25) is 0 Å². The Hall–Kier alpha value is -1.36. The summed E-state index contributed by atoms with van der Waals surface area (Å²) < 4.78 is 0. The van der Waals surface area contributed by atoms with E-state index < -0.39 is 0 Å². The molecule has 2 rings (SSSR count). The van der Waals surface area contributed by atoms with Gasteiger partial charge in [-0.2, -0.15) is 0 Å². The Balaban J connectivity index is 2.06. The molecule has 0 aromatic carbocycles. The number of hydrogen-bond donors (Lipinski definition) is 2. The van der Waals surface area contributed by atoms with E-state index in [0.717, 1.165) is 30.2 Å². The number of nitrogens with one attached hydrogen (secondary N) is 2. The first-order valence-electron chi connectivity index (χ1n) is 6.58. The molecular formula is C13H23N5. The van der Waals surface area contributed by atoms with Crippen LogP contribution in [-0.2, 0) is 0 Å². The molecule has 0 spiro atoms. The molecule has 5 nitrogen and oxygen atoms in total. The summed E-state index contributed by atoms with van der Waals surface area (Å²) in [7, 11) is 4.08. The lowest BCUT2D eigenvalue weighted by molar-refractivity contribution is 0.190. The second kappa shape index (κ2) is 5.52. The summed E-state index contributed by atoms with van der Waals surface area (Å²) in [5.41, 5.74) is 1.09. The number of aromatic nitrogens is 2. The van der Waals surface area contributed by atoms with Crippen molar-refractivity contribution in [1.29, 1.82) is 0 Å². The quantitative estimate of drug-likeness (QED) is 0.854. The molecule has 1 saturated heterocycles. The van der Waals surface area contributed by atoms with E-state index >= 15 is 0 Å². The standard InChI is InChI=1S/C13H23N5/c1-9-7-11(5-6-18(9)4)17-13-10(2)12(14-3)15-8-16-13/h8-9,11H,5-7H2,1-4H3,(H2,14,15,16,17). The molecule has 1 aromatic heterocycles. The molecule has 0 amide bonds. The van der Waals surface area contributed by atoms with Crippen molar-refractivity contribution in [1.82, 2.24) is 14.9 Å². The third kappa shape index (κ3) is 2.72. The third-order valence-electron chi connectivity index (χ3n) is 3.87. The summed E-state index contributed by atoms with van der Waals surface area (Å²) in [5.74, 6) is 1.85. The van der Waals surface area contributed by atoms with Crippen LogP contribution < -0.4 is 10.6 Å². The molecule has 2 unspecified atom stereocenters. The van der Waals surface area contributed by atoms with Gasteiger partial charge in [0.1, 0.15) is 18.0 Å². The van der Waals surface area contributed by atoms with E-state index in [-0.39, 0.29) is 0 Å². The largest absolute Gasteiger partial charge is 0.373 e. The fourth-order valence-electron chi connectivity index (χ4n) is 2.46. The van der Waals surface area contributed by atoms with Crippen LogP contribution in [0.4, 0.5) is 11.6 Å². The zero-order valence-corrected chi connectivity index (χ0v) is 11.7. The smallest absolute Gasteiger partial charge is 0.134 e. The summed E-state index contributed by atoms with van der Waals surface area (Å²) >= 11 is 0. The van der Waals surface area contributed by atoms with Gasteiger partial charge in [-0.05, 0) is 33.7 Å². The van der Waals surface area contributed by atoms with E-state index in [4.69, 9.17) is 0 Å². The maximum Gasteiger partial charge on any atom is 0.134 e.